The number of hydrogen-bond acceptors (Lipinski definition) is 2. The number of rotatable bonds is 8. The van der Waals surface area contributed by atoms with Crippen molar-refractivity contribution < 1.29 is 18.6 Å². The number of carbonyl (C=O) groups is 2. The second-order valence-electron chi connectivity index (χ2n) is 8.12. The van der Waals surface area contributed by atoms with Crippen molar-refractivity contribution in [1.82, 2.24) is 10.6 Å². The van der Waals surface area contributed by atoms with Crippen molar-refractivity contribution in [1.29, 1.82) is 0 Å². The first-order chi connectivity index (χ1) is 11.0. The van der Waals surface area contributed by atoms with Crippen molar-refractivity contribution >= 4 is 11.8 Å². The normalized spacial score (nSPS) is 11.9. The van der Waals surface area contributed by atoms with Gasteiger partial charge in [0.25, 0.3) is 11.8 Å². The van der Waals surface area contributed by atoms with E-state index in [1.165, 1.54) is 0 Å². The van der Waals surface area contributed by atoms with Gasteiger partial charge in [-0.2, -0.15) is 0 Å². The first-order valence-corrected chi connectivity index (χ1v) is 8.25. The Hall–Kier alpha value is -1.92. The summed E-state index contributed by atoms with van der Waals surface area (Å²) in [6, 6.07) is 6.76. The molecule has 2 amide bonds. The maximum atomic E-state index is 12.1. The summed E-state index contributed by atoms with van der Waals surface area (Å²) in [7, 11) is 12.5. The second-order valence-corrected chi connectivity index (χ2v) is 8.12. The fourth-order valence-electron chi connectivity index (χ4n) is 1.99. The van der Waals surface area contributed by atoms with Crippen LogP contribution in [0, 0.1) is 0 Å². The first kappa shape index (κ1) is 20.1. The van der Waals surface area contributed by atoms with Crippen LogP contribution in [0.4, 0.5) is 0 Å². The Labute approximate surface area is 145 Å². The van der Waals surface area contributed by atoms with Crippen molar-refractivity contribution in [2.75, 3.05) is 68.5 Å². The molecule has 0 bridgehead atoms. The quantitative estimate of drug-likeness (QED) is 0.682. The minimum atomic E-state index is -0.111. The van der Waals surface area contributed by atoms with Gasteiger partial charge in [0.1, 0.15) is 0 Å². The Kier molecular flexibility index (Phi) is 6.93. The first-order valence-electron chi connectivity index (χ1n) is 8.25. The van der Waals surface area contributed by atoms with Gasteiger partial charge >= 0.3 is 0 Å². The Bertz CT molecular complexity index is 503. The number of quaternary nitrogens is 2. The number of nitrogens with one attached hydrogen (secondary N) is 2. The van der Waals surface area contributed by atoms with Gasteiger partial charge in [0.15, 0.2) is 0 Å². The minimum absolute atomic E-state index is 0.111. The number of benzene rings is 1. The lowest BCUT2D eigenvalue weighted by Gasteiger charge is -2.24. The molecule has 1 rings (SSSR count). The van der Waals surface area contributed by atoms with Gasteiger partial charge in [-0.15, -0.1) is 0 Å². The molecule has 0 aliphatic rings. The summed E-state index contributed by atoms with van der Waals surface area (Å²) in [5.41, 5.74) is 1.14. The zero-order valence-corrected chi connectivity index (χ0v) is 15.8. The molecule has 0 fully saturated rings. The Balaban J connectivity index is 2.50. The summed E-state index contributed by atoms with van der Waals surface area (Å²) in [6.45, 7) is 2.96. The van der Waals surface area contributed by atoms with Gasteiger partial charge in [0.05, 0.1) is 68.5 Å². The van der Waals surface area contributed by atoms with Crippen LogP contribution in [0.3, 0.4) is 0 Å². The van der Waals surface area contributed by atoms with E-state index in [2.05, 4.69) is 52.9 Å². The van der Waals surface area contributed by atoms with Gasteiger partial charge in [-0.1, -0.05) is 0 Å². The maximum absolute atomic E-state index is 12.1. The van der Waals surface area contributed by atoms with Crippen LogP contribution in [0.25, 0.3) is 0 Å². The van der Waals surface area contributed by atoms with Gasteiger partial charge in [0, 0.05) is 11.1 Å². The zero-order valence-electron chi connectivity index (χ0n) is 15.8. The predicted octanol–water partition coefficient (Wildman–Crippen LogP) is 0.559. The van der Waals surface area contributed by atoms with E-state index < -0.39 is 0 Å². The zero-order chi connectivity index (χ0) is 18.4. The van der Waals surface area contributed by atoms with E-state index in [4.69, 9.17) is 0 Å². The van der Waals surface area contributed by atoms with E-state index in [1.807, 2.05) is 0 Å². The average molecular weight is 336 g/mol. The Morgan fingerprint density at radius 1 is 0.708 bits per heavy atom. The van der Waals surface area contributed by atoms with E-state index in [9.17, 15) is 9.59 Å². The van der Waals surface area contributed by atoms with Gasteiger partial charge in [-0.25, -0.2) is 0 Å². The van der Waals surface area contributed by atoms with Crippen molar-refractivity contribution in [2.24, 2.45) is 0 Å². The summed E-state index contributed by atoms with van der Waals surface area (Å²) in [4.78, 5) is 24.1. The van der Waals surface area contributed by atoms with Crippen LogP contribution in [0.15, 0.2) is 24.3 Å². The molecule has 0 unspecified atom stereocenters. The second kappa shape index (κ2) is 8.26. The van der Waals surface area contributed by atoms with Crippen molar-refractivity contribution in [2.45, 2.75) is 0 Å². The molecule has 0 saturated heterocycles. The van der Waals surface area contributed by atoms with Crippen molar-refractivity contribution in [3.63, 3.8) is 0 Å². The standard InChI is InChI=1S/C18H30N4O2/c1-21(2,3)13-11-19-17(23)15-7-9-16(10-8-15)18(24)20-12-14-22(4,5)6/h7-10H,11-14H2,1-6H3/p+2. The highest BCUT2D eigenvalue weighted by Crippen LogP contribution is 2.05. The third-order valence-corrected chi connectivity index (χ3v) is 3.55. The summed E-state index contributed by atoms with van der Waals surface area (Å²) < 4.78 is 1.60. The molecule has 1 aromatic carbocycles. The number of likely N-dealkylation sites (N-methyl/N-ethyl adjacent to an activating group) is 2. The molecule has 134 valence electrons. The van der Waals surface area contributed by atoms with Crippen molar-refractivity contribution in [3.05, 3.63) is 35.4 Å². The monoisotopic (exact) mass is 336 g/mol. The smallest absolute Gasteiger partial charge is 0.251 e. The van der Waals surface area contributed by atoms with Crippen LogP contribution in [0.2, 0.25) is 0 Å². The summed E-state index contributed by atoms with van der Waals surface area (Å²) in [6.07, 6.45) is 0. The highest BCUT2D eigenvalue weighted by atomic mass is 16.2. The third kappa shape index (κ3) is 8.08. The van der Waals surface area contributed by atoms with E-state index in [0.29, 0.717) is 24.2 Å². The van der Waals surface area contributed by atoms with Gasteiger partial charge in [0.2, 0.25) is 0 Å². The number of carbonyl (C=O) groups excluding carboxylic acids is 2. The number of hydrogen-bond donors (Lipinski definition) is 2. The molecule has 0 aliphatic heterocycles. The molecule has 0 aromatic heterocycles. The topological polar surface area (TPSA) is 58.2 Å². The molecule has 24 heavy (non-hydrogen) atoms. The summed E-state index contributed by atoms with van der Waals surface area (Å²) >= 11 is 0. The third-order valence-electron chi connectivity index (χ3n) is 3.55. The van der Waals surface area contributed by atoms with Gasteiger partial charge in [-0.3, -0.25) is 9.59 Å². The molecule has 6 heteroatoms. The highest BCUT2D eigenvalue weighted by Gasteiger charge is 2.12. The molecule has 0 spiro atoms. The van der Waals surface area contributed by atoms with E-state index in [1.54, 1.807) is 24.3 Å². The molecular weight excluding hydrogens is 304 g/mol. The van der Waals surface area contributed by atoms with Gasteiger partial charge in [-0.05, 0) is 24.3 Å². The minimum Gasteiger partial charge on any atom is -0.346 e. The molecule has 2 N–H and O–H groups in total. The van der Waals surface area contributed by atoms with Gasteiger partial charge < -0.3 is 19.6 Å². The fourth-order valence-corrected chi connectivity index (χ4v) is 1.99. The maximum Gasteiger partial charge on any atom is 0.251 e. The van der Waals surface area contributed by atoms with E-state index >= 15 is 0 Å². The molecule has 0 aliphatic carbocycles. The van der Waals surface area contributed by atoms with Crippen LogP contribution < -0.4 is 10.6 Å². The van der Waals surface area contributed by atoms with Crippen molar-refractivity contribution in [3.8, 4) is 0 Å². The Morgan fingerprint density at radius 2 is 1.00 bits per heavy atom. The molecule has 0 radical (unpaired) electrons. The SMILES string of the molecule is C[N+](C)(C)CCNC(=O)c1ccc(C(=O)NCC[N+](C)(C)C)cc1. The molecule has 1 aromatic rings. The lowest BCUT2D eigenvalue weighted by Crippen LogP contribution is -2.42. The van der Waals surface area contributed by atoms with E-state index in [0.717, 1.165) is 22.1 Å². The molecule has 0 atom stereocenters. The predicted molar refractivity (Wildman–Crippen MR) is 96.9 cm³/mol. The van der Waals surface area contributed by atoms with Crippen LogP contribution in [-0.4, -0.2) is 89.2 Å². The highest BCUT2D eigenvalue weighted by molar-refractivity contribution is 5.97. The average Bonchev–Trinajstić information content (AvgIpc) is 2.44. The van der Waals surface area contributed by atoms with Crippen LogP contribution in [0.1, 0.15) is 20.7 Å². The van der Waals surface area contributed by atoms with Crippen LogP contribution in [-0.2, 0) is 0 Å². The van der Waals surface area contributed by atoms with E-state index in [-0.39, 0.29) is 11.8 Å². The molecule has 6 nitrogen and oxygen atoms in total. The molecular formula is C18H32N4O2+2. The summed E-state index contributed by atoms with van der Waals surface area (Å²) in [5.74, 6) is -0.221. The number of amides is 2. The lowest BCUT2D eigenvalue weighted by molar-refractivity contribution is -0.869. The lowest BCUT2D eigenvalue weighted by atomic mass is 10.1. The van der Waals surface area contributed by atoms with Crippen LogP contribution in [0.5, 0.6) is 0 Å². The number of nitrogens with zero attached hydrogens (tertiary/aromatic N) is 2. The summed E-state index contributed by atoms with van der Waals surface area (Å²) in [5, 5.41) is 5.80. The largest absolute Gasteiger partial charge is 0.346 e. The Morgan fingerprint density at radius 3 is 1.25 bits per heavy atom. The molecule has 0 heterocycles. The van der Waals surface area contributed by atoms with Crippen LogP contribution >= 0.6 is 0 Å². The molecule has 0 saturated carbocycles. The fraction of sp³-hybridized carbons (Fsp3) is 0.556.